The van der Waals surface area contributed by atoms with Crippen LogP contribution in [0.2, 0.25) is 0 Å². The van der Waals surface area contributed by atoms with Gasteiger partial charge in [-0.1, -0.05) is 0 Å². The highest BCUT2D eigenvalue weighted by atomic mass is 19.1. The maximum Gasteiger partial charge on any atom is 0.272 e. The summed E-state index contributed by atoms with van der Waals surface area (Å²) >= 11 is 0. The molecule has 0 amide bonds. The van der Waals surface area contributed by atoms with Crippen molar-refractivity contribution < 1.29 is 18.8 Å². The highest BCUT2D eigenvalue weighted by molar-refractivity contribution is 5.79. The number of nitrogens with zero attached hydrogens (tertiary/aromatic N) is 1. The van der Waals surface area contributed by atoms with Crippen LogP contribution in [0.3, 0.4) is 0 Å². The van der Waals surface area contributed by atoms with E-state index in [1.54, 1.807) is 0 Å². The molecule has 6 heteroatoms. The summed E-state index contributed by atoms with van der Waals surface area (Å²) in [4.78, 5) is 21.0. The minimum absolute atomic E-state index is 0.0130. The van der Waals surface area contributed by atoms with Gasteiger partial charge in [0.2, 0.25) is 0 Å². The Morgan fingerprint density at radius 3 is 2.82 bits per heavy atom. The lowest BCUT2D eigenvalue weighted by atomic mass is 10.00. The molecule has 1 aromatic rings. The van der Waals surface area contributed by atoms with E-state index in [1.807, 2.05) is 0 Å². The first-order valence-electron chi connectivity index (χ1n) is 5.15. The highest BCUT2D eigenvalue weighted by Gasteiger charge is 2.25. The molecule has 90 valence electrons. The van der Waals surface area contributed by atoms with Crippen molar-refractivity contribution in [3.05, 3.63) is 39.7 Å². The molecule has 0 aromatic heterocycles. The van der Waals surface area contributed by atoms with Gasteiger partial charge in [-0.25, -0.2) is 4.39 Å². The third-order valence-corrected chi connectivity index (χ3v) is 2.65. The zero-order valence-corrected chi connectivity index (χ0v) is 8.89. The Kier molecular flexibility index (Phi) is 3.14. The monoisotopic (exact) mass is 239 g/mol. The third kappa shape index (κ3) is 2.47. The van der Waals surface area contributed by atoms with E-state index in [2.05, 4.69) is 0 Å². The molecule has 0 bridgehead atoms. The quantitative estimate of drug-likeness (QED) is 0.585. The summed E-state index contributed by atoms with van der Waals surface area (Å²) in [6, 6.07) is 3.36. The van der Waals surface area contributed by atoms with Gasteiger partial charge in [0.05, 0.1) is 23.7 Å². The first kappa shape index (κ1) is 11.7. The van der Waals surface area contributed by atoms with Gasteiger partial charge in [0, 0.05) is 24.5 Å². The molecule has 5 nitrogen and oxygen atoms in total. The fourth-order valence-corrected chi connectivity index (χ4v) is 1.77. The van der Waals surface area contributed by atoms with Crippen molar-refractivity contribution in [2.24, 2.45) is 0 Å². The predicted octanol–water partition coefficient (Wildman–Crippen LogP) is 2.15. The molecule has 1 atom stereocenters. The number of halogens is 1. The predicted molar refractivity (Wildman–Crippen MR) is 56.0 cm³/mol. The number of nitro benzene ring substituents is 1. The van der Waals surface area contributed by atoms with E-state index in [4.69, 9.17) is 4.74 Å². The van der Waals surface area contributed by atoms with Crippen molar-refractivity contribution in [3.8, 4) is 0 Å². The molecule has 0 spiro atoms. The Hall–Kier alpha value is -1.82. The fraction of sp³-hybridized carbons (Fsp3) is 0.364. The molecule has 1 heterocycles. The van der Waals surface area contributed by atoms with E-state index >= 15 is 0 Å². The molecular formula is C11H10FNO4. The number of carbonyl (C=O) groups is 1. The Labute approximate surface area is 96.3 Å². The SMILES string of the molecule is O=C1CCOC(c2ccc([N+](=O)[O-])cc2F)C1. The van der Waals surface area contributed by atoms with Gasteiger partial charge >= 0.3 is 0 Å². The number of benzene rings is 1. The van der Waals surface area contributed by atoms with Crippen LogP contribution < -0.4 is 0 Å². The zero-order valence-electron chi connectivity index (χ0n) is 8.89. The Balaban J connectivity index is 2.26. The summed E-state index contributed by atoms with van der Waals surface area (Å²) in [6.07, 6.45) is -0.170. The van der Waals surface area contributed by atoms with Crippen molar-refractivity contribution in [3.63, 3.8) is 0 Å². The number of hydrogen-bond acceptors (Lipinski definition) is 4. The lowest BCUT2D eigenvalue weighted by Crippen LogP contribution is -2.20. The number of Topliss-reactive ketones (excluding diaryl/α,β-unsaturated/α-hetero) is 1. The summed E-state index contributed by atoms with van der Waals surface area (Å²) in [5, 5.41) is 10.4. The van der Waals surface area contributed by atoms with Crippen LogP contribution in [0.25, 0.3) is 0 Å². The van der Waals surface area contributed by atoms with Crippen molar-refractivity contribution in [1.82, 2.24) is 0 Å². The first-order chi connectivity index (χ1) is 8.08. The molecule has 1 aromatic carbocycles. The molecule has 2 rings (SSSR count). The molecule has 0 radical (unpaired) electrons. The van der Waals surface area contributed by atoms with Crippen molar-refractivity contribution in [2.45, 2.75) is 18.9 Å². The van der Waals surface area contributed by atoms with Crippen molar-refractivity contribution >= 4 is 11.5 Å². The van der Waals surface area contributed by atoms with Crippen LogP contribution in [0.4, 0.5) is 10.1 Å². The largest absolute Gasteiger partial charge is 0.372 e. The lowest BCUT2D eigenvalue weighted by Gasteiger charge is -2.22. The van der Waals surface area contributed by atoms with E-state index in [0.29, 0.717) is 6.42 Å². The molecule has 1 saturated heterocycles. The van der Waals surface area contributed by atoms with Gasteiger partial charge in [-0.3, -0.25) is 14.9 Å². The highest BCUT2D eigenvalue weighted by Crippen LogP contribution is 2.29. The van der Waals surface area contributed by atoms with Crippen molar-refractivity contribution in [1.29, 1.82) is 0 Å². The zero-order chi connectivity index (χ0) is 12.4. The standard InChI is InChI=1S/C11H10FNO4/c12-10-5-7(13(15)16)1-2-9(10)11-6-8(14)3-4-17-11/h1-2,5,11H,3-4,6H2. The molecule has 0 saturated carbocycles. The van der Waals surface area contributed by atoms with E-state index < -0.39 is 16.8 Å². The molecule has 1 fully saturated rings. The molecule has 1 aliphatic rings. The summed E-state index contributed by atoms with van der Waals surface area (Å²) < 4.78 is 18.9. The number of carbonyl (C=O) groups excluding carboxylic acids is 1. The summed E-state index contributed by atoms with van der Waals surface area (Å²) in [5.41, 5.74) is -0.114. The fourth-order valence-electron chi connectivity index (χ4n) is 1.77. The van der Waals surface area contributed by atoms with E-state index in [1.165, 1.54) is 12.1 Å². The van der Waals surface area contributed by atoms with Gasteiger partial charge in [0.15, 0.2) is 0 Å². The van der Waals surface area contributed by atoms with Crippen molar-refractivity contribution in [2.75, 3.05) is 6.61 Å². The number of rotatable bonds is 2. The van der Waals surface area contributed by atoms with Gasteiger partial charge in [-0.2, -0.15) is 0 Å². The minimum atomic E-state index is -0.709. The lowest BCUT2D eigenvalue weighted by molar-refractivity contribution is -0.385. The van der Waals surface area contributed by atoms with Crippen LogP contribution in [0.5, 0.6) is 0 Å². The van der Waals surface area contributed by atoms with E-state index in [0.717, 1.165) is 6.07 Å². The second-order valence-corrected chi connectivity index (χ2v) is 3.82. The van der Waals surface area contributed by atoms with Crippen LogP contribution in [-0.4, -0.2) is 17.3 Å². The maximum absolute atomic E-state index is 13.6. The Bertz CT molecular complexity index is 475. The van der Waals surface area contributed by atoms with Crippen LogP contribution in [0, 0.1) is 15.9 Å². The van der Waals surface area contributed by atoms with E-state index in [9.17, 15) is 19.3 Å². The topological polar surface area (TPSA) is 69.4 Å². The number of non-ortho nitro benzene ring substituents is 1. The molecule has 0 aliphatic carbocycles. The second kappa shape index (κ2) is 4.58. The van der Waals surface area contributed by atoms with Crippen LogP contribution in [-0.2, 0) is 9.53 Å². The summed E-state index contributed by atoms with van der Waals surface area (Å²) in [7, 11) is 0. The Morgan fingerprint density at radius 2 is 2.24 bits per heavy atom. The molecule has 17 heavy (non-hydrogen) atoms. The van der Waals surface area contributed by atoms with Crippen LogP contribution in [0.1, 0.15) is 24.5 Å². The van der Waals surface area contributed by atoms with Gasteiger partial charge in [0.25, 0.3) is 5.69 Å². The van der Waals surface area contributed by atoms with Gasteiger partial charge in [-0.15, -0.1) is 0 Å². The maximum atomic E-state index is 13.6. The number of nitro groups is 1. The second-order valence-electron chi connectivity index (χ2n) is 3.82. The number of hydrogen-bond donors (Lipinski definition) is 0. The number of ketones is 1. The number of ether oxygens (including phenoxy) is 1. The van der Waals surface area contributed by atoms with Crippen LogP contribution in [0.15, 0.2) is 18.2 Å². The summed E-state index contributed by atoms with van der Waals surface area (Å²) in [5.74, 6) is -0.696. The van der Waals surface area contributed by atoms with E-state index in [-0.39, 0.29) is 30.1 Å². The molecule has 1 unspecified atom stereocenters. The minimum Gasteiger partial charge on any atom is -0.372 e. The normalized spacial score (nSPS) is 20.3. The van der Waals surface area contributed by atoms with Gasteiger partial charge in [-0.05, 0) is 6.07 Å². The molecule has 1 aliphatic heterocycles. The molecule has 0 N–H and O–H groups in total. The third-order valence-electron chi connectivity index (χ3n) is 2.65. The smallest absolute Gasteiger partial charge is 0.272 e. The first-order valence-corrected chi connectivity index (χ1v) is 5.15. The average molecular weight is 239 g/mol. The van der Waals surface area contributed by atoms with Gasteiger partial charge < -0.3 is 4.74 Å². The summed E-state index contributed by atoms with van der Waals surface area (Å²) in [6.45, 7) is 0.264. The Morgan fingerprint density at radius 1 is 1.47 bits per heavy atom. The molecular weight excluding hydrogens is 229 g/mol. The average Bonchev–Trinajstić information content (AvgIpc) is 2.28. The van der Waals surface area contributed by atoms with Gasteiger partial charge in [0.1, 0.15) is 11.6 Å². The van der Waals surface area contributed by atoms with Crippen LogP contribution >= 0.6 is 0 Å².